The van der Waals surface area contributed by atoms with Gasteiger partial charge in [0, 0.05) is 25.2 Å². The van der Waals surface area contributed by atoms with E-state index in [4.69, 9.17) is 4.74 Å². The van der Waals surface area contributed by atoms with Crippen LogP contribution in [-0.2, 0) is 14.9 Å². The summed E-state index contributed by atoms with van der Waals surface area (Å²) in [7, 11) is 2.28. The summed E-state index contributed by atoms with van der Waals surface area (Å²) in [5.41, 5.74) is 1.38. The normalized spacial score (nSPS) is 35.2. The van der Waals surface area contributed by atoms with Gasteiger partial charge in [-0.05, 0) is 5.56 Å². The van der Waals surface area contributed by atoms with Crippen molar-refractivity contribution in [3.05, 3.63) is 35.9 Å². The molecule has 0 saturated carbocycles. The van der Waals surface area contributed by atoms with E-state index in [0.29, 0.717) is 0 Å². The molecular weight excluding hydrogens is 318 g/mol. The highest BCUT2D eigenvalue weighted by molar-refractivity contribution is 5.66. The van der Waals surface area contributed by atoms with Crippen molar-refractivity contribution in [3.63, 3.8) is 0 Å². The van der Waals surface area contributed by atoms with Crippen LogP contribution in [0.5, 0.6) is 0 Å². The van der Waals surface area contributed by atoms with Gasteiger partial charge in [0.1, 0.15) is 6.54 Å². The Kier molecular flexibility index (Phi) is 4.26. The van der Waals surface area contributed by atoms with Crippen molar-refractivity contribution in [3.8, 4) is 0 Å². The molecule has 3 fully saturated rings. The number of ether oxygens (including phenoxy) is 1. The fourth-order valence-electron chi connectivity index (χ4n) is 3.85. The third kappa shape index (κ3) is 2.51. The number of fused-ring (bicyclic) bond motifs is 3. The number of piperidine rings is 3. The summed E-state index contributed by atoms with van der Waals surface area (Å²) in [6, 6.07) is 10.6. The molecule has 0 aliphatic carbocycles. The van der Waals surface area contributed by atoms with Gasteiger partial charge in [0.2, 0.25) is 0 Å². The first-order valence-electron chi connectivity index (χ1n) is 7.10. The number of likely N-dealkylation sites (N-methyl/N-ethyl adjacent to an activating group) is 1. The van der Waals surface area contributed by atoms with Crippen molar-refractivity contribution in [2.75, 3.05) is 26.7 Å². The van der Waals surface area contributed by atoms with Crippen molar-refractivity contribution < 1.29 is 31.0 Å². The van der Waals surface area contributed by atoms with Crippen LogP contribution in [0.15, 0.2) is 30.3 Å². The molecule has 2 bridgehead atoms. The second kappa shape index (κ2) is 5.49. The Bertz CT molecular complexity index is 481. The zero-order valence-electron chi connectivity index (χ0n) is 12.1. The minimum Gasteiger partial charge on any atom is -1.00 e. The van der Waals surface area contributed by atoms with Crippen LogP contribution in [0.1, 0.15) is 25.3 Å². The molecule has 1 unspecified atom stereocenters. The van der Waals surface area contributed by atoms with Gasteiger partial charge in [0.25, 0.3) is 0 Å². The first kappa shape index (κ1) is 15.5. The first-order chi connectivity index (χ1) is 9.04. The molecule has 20 heavy (non-hydrogen) atoms. The first-order valence-corrected chi connectivity index (χ1v) is 7.10. The maximum Gasteiger partial charge on any atom is 0.303 e. The average Bonchev–Trinajstić information content (AvgIpc) is 2.39. The van der Waals surface area contributed by atoms with Crippen LogP contribution in [0.4, 0.5) is 0 Å². The highest BCUT2D eigenvalue weighted by Gasteiger charge is 2.56. The van der Waals surface area contributed by atoms with E-state index < -0.39 is 0 Å². The number of carbonyl (C=O) groups excluding carboxylic acids is 1. The Balaban J connectivity index is 0.00000147. The lowest BCUT2D eigenvalue weighted by atomic mass is 9.64. The standard InChI is InChI=1S/C16H22NO2.BrH/c1-13(18)19-15-12-17(2)10-8-16(15,9-11-17)14-6-4-3-5-7-14;/h3-7,15H,8-12H2,1-2H3;1H/q+1;/p-1. The number of hydrogen-bond donors (Lipinski definition) is 0. The van der Waals surface area contributed by atoms with Gasteiger partial charge in [-0.1, -0.05) is 30.3 Å². The van der Waals surface area contributed by atoms with E-state index in [1.165, 1.54) is 25.6 Å². The Morgan fingerprint density at radius 3 is 2.40 bits per heavy atom. The lowest BCUT2D eigenvalue weighted by Gasteiger charge is -2.56. The molecule has 3 aliphatic heterocycles. The molecule has 4 rings (SSSR count). The van der Waals surface area contributed by atoms with Gasteiger partial charge in [-0.3, -0.25) is 4.79 Å². The molecule has 1 atom stereocenters. The molecule has 3 aliphatic rings. The van der Waals surface area contributed by atoms with Crippen LogP contribution in [0.25, 0.3) is 0 Å². The SMILES string of the molecule is CC(=O)OC1C[N+]2(C)CCC1(c1ccccc1)CC2.[Br-]. The highest BCUT2D eigenvalue weighted by atomic mass is 79.9. The molecule has 1 aromatic rings. The van der Waals surface area contributed by atoms with E-state index in [9.17, 15) is 4.79 Å². The van der Waals surface area contributed by atoms with Gasteiger partial charge >= 0.3 is 5.97 Å². The Labute approximate surface area is 131 Å². The summed E-state index contributed by atoms with van der Waals surface area (Å²) >= 11 is 0. The van der Waals surface area contributed by atoms with E-state index >= 15 is 0 Å². The third-order valence-corrected chi connectivity index (χ3v) is 5.08. The maximum absolute atomic E-state index is 11.4. The van der Waals surface area contributed by atoms with E-state index in [0.717, 1.165) is 23.9 Å². The summed E-state index contributed by atoms with van der Waals surface area (Å²) in [5, 5.41) is 0. The predicted octanol–water partition coefficient (Wildman–Crippen LogP) is -0.886. The second-order valence-electron chi connectivity index (χ2n) is 6.37. The number of esters is 1. The molecule has 1 aromatic carbocycles. The van der Waals surface area contributed by atoms with Gasteiger partial charge in [-0.25, -0.2) is 0 Å². The summed E-state index contributed by atoms with van der Waals surface area (Å²) in [5.74, 6) is -0.152. The number of carbonyl (C=O) groups is 1. The molecule has 3 heterocycles. The van der Waals surface area contributed by atoms with Gasteiger partial charge in [-0.2, -0.15) is 0 Å². The largest absolute Gasteiger partial charge is 1.00 e. The van der Waals surface area contributed by atoms with Crippen LogP contribution >= 0.6 is 0 Å². The molecule has 110 valence electrons. The number of rotatable bonds is 2. The van der Waals surface area contributed by atoms with Crippen LogP contribution < -0.4 is 17.0 Å². The quantitative estimate of drug-likeness (QED) is 0.516. The van der Waals surface area contributed by atoms with E-state index in [1.54, 1.807) is 0 Å². The third-order valence-electron chi connectivity index (χ3n) is 5.08. The van der Waals surface area contributed by atoms with E-state index in [1.807, 2.05) is 6.07 Å². The van der Waals surface area contributed by atoms with Crippen LogP contribution in [0.2, 0.25) is 0 Å². The molecule has 3 saturated heterocycles. The molecule has 3 nitrogen and oxygen atoms in total. The lowest BCUT2D eigenvalue weighted by Crippen LogP contribution is -3.00. The number of halogens is 1. The number of benzene rings is 1. The summed E-state index contributed by atoms with van der Waals surface area (Å²) in [6.45, 7) is 4.85. The van der Waals surface area contributed by atoms with Crippen molar-refractivity contribution >= 4 is 5.97 Å². The summed E-state index contributed by atoms with van der Waals surface area (Å²) in [4.78, 5) is 11.4. The zero-order valence-corrected chi connectivity index (χ0v) is 13.7. The smallest absolute Gasteiger partial charge is 0.303 e. The molecule has 0 N–H and O–H groups in total. The Morgan fingerprint density at radius 2 is 1.85 bits per heavy atom. The average molecular weight is 340 g/mol. The Hall–Kier alpha value is -0.870. The van der Waals surface area contributed by atoms with Crippen LogP contribution in [0, 0.1) is 0 Å². The fraction of sp³-hybridized carbons (Fsp3) is 0.562. The molecule has 0 radical (unpaired) electrons. The van der Waals surface area contributed by atoms with Crippen molar-refractivity contribution in [2.24, 2.45) is 0 Å². The van der Waals surface area contributed by atoms with E-state index in [-0.39, 0.29) is 34.5 Å². The minimum absolute atomic E-state index is 0. The highest BCUT2D eigenvalue weighted by Crippen LogP contribution is 2.46. The Morgan fingerprint density at radius 1 is 1.25 bits per heavy atom. The zero-order chi connectivity index (χ0) is 13.5. The van der Waals surface area contributed by atoms with Crippen LogP contribution in [0.3, 0.4) is 0 Å². The summed E-state index contributed by atoms with van der Waals surface area (Å²) < 4.78 is 6.74. The summed E-state index contributed by atoms with van der Waals surface area (Å²) in [6.07, 6.45) is 2.26. The van der Waals surface area contributed by atoms with Gasteiger partial charge in [-0.15, -0.1) is 0 Å². The maximum atomic E-state index is 11.4. The monoisotopic (exact) mass is 339 g/mol. The molecule has 0 amide bonds. The second-order valence-corrected chi connectivity index (χ2v) is 6.37. The van der Waals surface area contributed by atoms with Crippen LogP contribution in [-0.4, -0.2) is 43.2 Å². The van der Waals surface area contributed by atoms with Crippen molar-refractivity contribution in [1.82, 2.24) is 0 Å². The van der Waals surface area contributed by atoms with Gasteiger partial charge in [0.15, 0.2) is 6.10 Å². The van der Waals surface area contributed by atoms with Crippen molar-refractivity contribution in [2.45, 2.75) is 31.3 Å². The molecule has 4 heteroatoms. The number of hydrogen-bond acceptors (Lipinski definition) is 2. The van der Waals surface area contributed by atoms with E-state index in [2.05, 4.69) is 31.3 Å². The fourth-order valence-corrected chi connectivity index (χ4v) is 3.85. The molecule has 0 spiro atoms. The number of nitrogens with zero attached hydrogens (tertiary/aromatic N) is 1. The number of quaternary nitrogens is 1. The van der Waals surface area contributed by atoms with Gasteiger partial charge < -0.3 is 26.2 Å². The van der Waals surface area contributed by atoms with Crippen molar-refractivity contribution in [1.29, 1.82) is 0 Å². The predicted molar refractivity (Wildman–Crippen MR) is 73.7 cm³/mol. The lowest BCUT2D eigenvalue weighted by molar-refractivity contribution is -0.929. The molecule has 0 aromatic heterocycles. The topological polar surface area (TPSA) is 26.3 Å². The minimum atomic E-state index is -0.152. The van der Waals surface area contributed by atoms with Gasteiger partial charge in [0.05, 0.1) is 20.1 Å². The molecular formula is C16H22BrNO2.